The van der Waals surface area contributed by atoms with Crippen molar-refractivity contribution in [1.29, 1.82) is 0 Å². The Labute approximate surface area is 209 Å². The highest BCUT2D eigenvalue weighted by Gasteiger charge is 2.13. The standard InChI is InChI=1S/C28H24N4O2S/c33-26(19-20-9-3-1-4-10-20)32-28(35)31-25-14-8-7-13-24(25)27(34)30-23-17-15-22(16-18-23)29-21-11-5-2-6-12-21/h1-18,29H,19H2,(H,30,34)(H2,31,32,33,35). The maximum absolute atomic E-state index is 13.0. The lowest BCUT2D eigenvalue weighted by molar-refractivity contribution is -0.119. The van der Waals surface area contributed by atoms with Crippen molar-refractivity contribution < 1.29 is 9.59 Å². The van der Waals surface area contributed by atoms with E-state index in [1.165, 1.54) is 0 Å². The van der Waals surface area contributed by atoms with E-state index >= 15 is 0 Å². The molecule has 4 N–H and O–H groups in total. The molecule has 0 spiro atoms. The number of hydrogen-bond donors (Lipinski definition) is 4. The van der Waals surface area contributed by atoms with Crippen LogP contribution in [-0.4, -0.2) is 16.9 Å². The predicted molar refractivity (Wildman–Crippen MR) is 145 cm³/mol. The van der Waals surface area contributed by atoms with Crippen molar-refractivity contribution in [3.8, 4) is 0 Å². The van der Waals surface area contributed by atoms with Crippen molar-refractivity contribution in [2.45, 2.75) is 6.42 Å². The first-order valence-corrected chi connectivity index (χ1v) is 11.4. The van der Waals surface area contributed by atoms with Crippen molar-refractivity contribution in [2.75, 3.05) is 16.0 Å². The summed E-state index contributed by atoms with van der Waals surface area (Å²) in [7, 11) is 0. The third-order valence-electron chi connectivity index (χ3n) is 5.09. The highest BCUT2D eigenvalue weighted by atomic mass is 32.1. The predicted octanol–water partition coefficient (Wildman–Crippen LogP) is 5.74. The summed E-state index contributed by atoms with van der Waals surface area (Å²) in [5, 5.41) is 12.0. The van der Waals surface area contributed by atoms with Gasteiger partial charge in [0.25, 0.3) is 5.91 Å². The molecule has 0 aromatic heterocycles. The molecule has 0 unspecified atom stereocenters. The van der Waals surface area contributed by atoms with Crippen molar-refractivity contribution in [1.82, 2.24) is 5.32 Å². The second-order valence-electron chi connectivity index (χ2n) is 7.73. The zero-order valence-corrected chi connectivity index (χ0v) is 19.6. The van der Waals surface area contributed by atoms with Crippen LogP contribution in [-0.2, 0) is 11.2 Å². The summed E-state index contributed by atoms with van der Waals surface area (Å²) in [6.45, 7) is 0. The van der Waals surface area contributed by atoms with Gasteiger partial charge < -0.3 is 21.3 Å². The lowest BCUT2D eigenvalue weighted by Crippen LogP contribution is -2.35. The third kappa shape index (κ3) is 6.99. The monoisotopic (exact) mass is 480 g/mol. The lowest BCUT2D eigenvalue weighted by Gasteiger charge is -2.14. The second kappa shape index (κ2) is 11.6. The summed E-state index contributed by atoms with van der Waals surface area (Å²) < 4.78 is 0. The molecule has 0 heterocycles. The topological polar surface area (TPSA) is 82.3 Å². The van der Waals surface area contributed by atoms with Crippen LogP contribution in [0.3, 0.4) is 0 Å². The number of para-hydroxylation sites is 2. The molecule has 4 aromatic carbocycles. The molecule has 0 fully saturated rings. The van der Waals surface area contributed by atoms with Crippen molar-refractivity contribution in [3.05, 3.63) is 120 Å². The van der Waals surface area contributed by atoms with Crippen molar-refractivity contribution in [3.63, 3.8) is 0 Å². The van der Waals surface area contributed by atoms with E-state index < -0.39 is 0 Å². The first kappa shape index (κ1) is 23.7. The SMILES string of the molecule is O=C(Cc1ccccc1)NC(=S)Nc1ccccc1C(=O)Nc1ccc(Nc2ccccc2)cc1. The van der Waals surface area contributed by atoms with Crippen LogP contribution in [0.4, 0.5) is 22.7 Å². The smallest absolute Gasteiger partial charge is 0.257 e. The minimum absolute atomic E-state index is 0.127. The molecule has 174 valence electrons. The molecule has 0 aliphatic heterocycles. The van der Waals surface area contributed by atoms with Crippen LogP contribution in [0.1, 0.15) is 15.9 Å². The second-order valence-corrected chi connectivity index (χ2v) is 8.14. The van der Waals surface area contributed by atoms with Gasteiger partial charge in [0.1, 0.15) is 0 Å². The van der Waals surface area contributed by atoms with Crippen LogP contribution in [0.25, 0.3) is 0 Å². The van der Waals surface area contributed by atoms with Gasteiger partial charge in [0.15, 0.2) is 5.11 Å². The summed E-state index contributed by atoms with van der Waals surface area (Å²) >= 11 is 5.29. The minimum atomic E-state index is -0.296. The molecule has 4 rings (SSSR count). The zero-order valence-electron chi connectivity index (χ0n) is 18.8. The van der Waals surface area contributed by atoms with Gasteiger partial charge in [0.05, 0.1) is 17.7 Å². The number of carbonyl (C=O) groups is 2. The van der Waals surface area contributed by atoms with Crippen LogP contribution in [0.15, 0.2) is 109 Å². The minimum Gasteiger partial charge on any atom is -0.356 e. The van der Waals surface area contributed by atoms with Crippen LogP contribution < -0.4 is 21.3 Å². The maximum atomic E-state index is 13.0. The van der Waals surface area contributed by atoms with E-state index in [1.807, 2.05) is 84.9 Å². The van der Waals surface area contributed by atoms with Gasteiger partial charge in [-0.2, -0.15) is 0 Å². The number of nitrogens with one attached hydrogen (secondary N) is 4. The maximum Gasteiger partial charge on any atom is 0.257 e. The van der Waals surface area contributed by atoms with E-state index in [9.17, 15) is 9.59 Å². The van der Waals surface area contributed by atoms with Gasteiger partial charge in [-0.15, -0.1) is 0 Å². The van der Waals surface area contributed by atoms with Gasteiger partial charge in [-0.3, -0.25) is 9.59 Å². The summed E-state index contributed by atoms with van der Waals surface area (Å²) in [4.78, 5) is 25.3. The van der Waals surface area contributed by atoms with Crippen LogP contribution >= 0.6 is 12.2 Å². The Bertz CT molecular complexity index is 1310. The van der Waals surface area contributed by atoms with Crippen molar-refractivity contribution in [2.24, 2.45) is 0 Å². The van der Waals surface area contributed by atoms with Crippen LogP contribution in [0, 0.1) is 0 Å². The molecule has 7 heteroatoms. The molecule has 4 aromatic rings. The van der Waals surface area contributed by atoms with E-state index in [4.69, 9.17) is 12.2 Å². The zero-order chi connectivity index (χ0) is 24.5. The fourth-order valence-electron chi connectivity index (χ4n) is 3.42. The number of amides is 2. The molecule has 0 aliphatic rings. The Kier molecular flexibility index (Phi) is 7.83. The molecule has 35 heavy (non-hydrogen) atoms. The molecule has 0 atom stereocenters. The Hall–Kier alpha value is -4.49. The quantitative estimate of drug-likeness (QED) is 0.254. The van der Waals surface area contributed by atoms with E-state index in [2.05, 4.69) is 21.3 Å². The summed E-state index contributed by atoms with van der Waals surface area (Å²) in [6, 6.07) is 33.7. The number of rotatable bonds is 7. The number of benzene rings is 4. The Morgan fingerprint density at radius 3 is 1.91 bits per heavy atom. The molecule has 0 saturated carbocycles. The number of anilines is 4. The van der Waals surface area contributed by atoms with Crippen LogP contribution in [0.5, 0.6) is 0 Å². The van der Waals surface area contributed by atoms with E-state index in [0.29, 0.717) is 16.9 Å². The molecular formula is C28H24N4O2S. The average Bonchev–Trinajstić information content (AvgIpc) is 2.86. The van der Waals surface area contributed by atoms with Gasteiger partial charge in [-0.05, 0) is 66.3 Å². The lowest BCUT2D eigenvalue weighted by atomic mass is 10.1. The molecule has 2 amide bonds. The molecule has 0 aliphatic carbocycles. The normalized spacial score (nSPS) is 10.2. The van der Waals surface area contributed by atoms with E-state index in [0.717, 1.165) is 16.9 Å². The third-order valence-corrected chi connectivity index (χ3v) is 5.29. The summed E-state index contributed by atoms with van der Waals surface area (Å²) in [6.07, 6.45) is 0.208. The molecule has 0 radical (unpaired) electrons. The summed E-state index contributed by atoms with van der Waals surface area (Å²) in [5.74, 6) is -0.532. The molecule has 6 nitrogen and oxygen atoms in total. The fourth-order valence-corrected chi connectivity index (χ4v) is 3.64. The number of carbonyl (C=O) groups excluding carboxylic acids is 2. The van der Waals surface area contributed by atoms with Gasteiger partial charge in [-0.25, -0.2) is 0 Å². The average molecular weight is 481 g/mol. The van der Waals surface area contributed by atoms with Gasteiger partial charge in [-0.1, -0.05) is 60.7 Å². The van der Waals surface area contributed by atoms with Crippen LogP contribution in [0.2, 0.25) is 0 Å². The Morgan fingerprint density at radius 2 is 1.20 bits per heavy atom. The van der Waals surface area contributed by atoms with Gasteiger partial charge in [0.2, 0.25) is 5.91 Å². The largest absolute Gasteiger partial charge is 0.356 e. The summed E-state index contributed by atoms with van der Waals surface area (Å²) in [5.41, 5.74) is 4.33. The first-order valence-electron chi connectivity index (χ1n) is 11.0. The Balaban J connectivity index is 1.36. The molecular weight excluding hydrogens is 456 g/mol. The fraction of sp³-hybridized carbons (Fsp3) is 0.0357. The number of thiocarbonyl (C=S) groups is 1. The van der Waals surface area contributed by atoms with Crippen molar-refractivity contribution >= 4 is 51.9 Å². The van der Waals surface area contributed by atoms with E-state index in [-0.39, 0.29) is 23.3 Å². The molecule has 0 bridgehead atoms. The van der Waals surface area contributed by atoms with E-state index in [1.54, 1.807) is 24.3 Å². The first-order chi connectivity index (χ1) is 17.1. The molecule has 0 saturated heterocycles. The van der Waals surface area contributed by atoms with Gasteiger partial charge >= 0.3 is 0 Å². The highest BCUT2D eigenvalue weighted by molar-refractivity contribution is 7.80. The highest BCUT2D eigenvalue weighted by Crippen LogP contribution is 2.21. The van der Waals surface area contributed by atoms with Gasteiger partial charge in [0, 0.05) is 17.1 Å². The number of hydrogen-bond acceptors (Lipinski definition) is 4. The Morgan fingerprint density at radius 1 is 0.629 bits per heavy atom.